The van der Waals surface area contributed by atoms with Crippen molar-refractivity contribution < 1.29 is 35.9 Å². The number of amides is 1. The van der Waals surface area contributed by atoms with Crippen LogP contribution >= 0.6 is 0 Å². The first-order chi connectivity index (χ1) is 17.8. The average molecular weight is 545 g/mol. The van der Waals surface area contributed by atoms with Gasteiger partial charge in [0.25, 0.3) is 11.8 Å². The molecule has 38 heavy (non-hydrogen) atoms. The van der Waals surface area contributed by atoms with E-state index in [-0.39, 0.29) is 23.8 Å². The van der Waals surface area contributed by atoms with Crippen LogP contribution in [0.1, 0.15) is 24.5 Å². The van der Waals surface area contributed by atoms with E-state index in [1.165, 1.54) is 32.3 Å². The van der Waals surface area contributed by atoms with Crippen molar-refractivity contribution in [1.29, 1.82) is 0 Å². The lowest BCUT2D eigenvalue weighted by Crippen LogP contribution is -2.58. The molecule has 1 aromatic heterocycles. The van der Waals surface area contributed by atoms with Gasteiger partial charge in [0.05, 0.1) is 19.7 Å². The summed E-state index contributed by atoms with van der Waals surface area (Å²) in [7, 11) is 2.43. The van der Waals surface area contributed by atoms with Gasteiger partial charge in [-0.3, -0.25) is 9.79 Å². The Bertz CT molecular complexity index is 1220. The Labute approximate surface area is 214 Å². The minimum absolute atomic E-state index is 0.113. The van der Waals surface area contributed by atoms with Crippen LogP contribution in [0.15, 0.2) is 41.2 Å². The molecule has 2 heterocycles. The molecular formula is C24H26F6N6O2. The summed E-state index contributed by atoms with van der Waals surface area (Å²) in [4.78, 5) is 25.6. The molecular weight excluding hydrogens is 518 g/mol. The second-order valence-electron chi connectivity index (χ2n) is 8.75. The van der Waals surface area contributed by atoms with Gasteiger partial charge < -0.3 is 20.7 Å². The molecule has 0 spiro atoms. The summed E-state index contributed by atoms with van der Waals surface area (Å²) >= 11 is 0. The van der Waals surface area contributed by atoms with E-state index < -0.39 is 60.2 Å². The smallest absolute Gasteiger partial charge is 0.423 e. The van der Waals surface area contributed by atoms with E-state index in [0.29, 0.717) is 11.8 Å². The first-order valence-corrected chi connectivity index (χ1v) is 11.4. The number of carbonyl (C=O) groups is 1. The van der Waals surface area contributed by atoms with Gasteiger partial charge in [-0.1, -0.05) is 19.1 Å². The topological polar surface area (TPSA) is 106 Å². The summed E-state index contributed by atoms with van der Waals surface area (Å²) in [6.45, 7) is 0.404. The molecule has 3 N–H and O–H groups in total. The zero-order valence-corrected chi connectivity index (χ0v) is 20.7. The lowest BCUT2D eigenvalue weighted by Gasteiger charge is -2.43. The maximum atomic E-state index is 14.5. The number of piperidine rings is 1. The lowest BCUT2D eigenvalue weighted by molar-refractivity contribution is -0.148. The number of nitrogens with two attached hydrogens (primary N) is 1. The maximum Gasteiger partial charge on any atom is 0.423 e. The summed E-state index contributed by atoms with van der Waals surface area (Å²) in [6, 6.07) is 4.19. The minimum atomic E-state index is -4.75. The third-order valence-electron chi connectivity index (χ3n) is 6.00. The normalized spacial score (nSPS) is 20.3. The Hall–Kier alpha value is -3.84. The highest BCUT2D eigenvalue weighted by atomic mass is 19.4. The highest BCUT2D eigenvalue weighted by Crippen LogP contribution is 2.37. The van der Waals surface area contributed by atoms with Crippen molar-refractivity contribution in [2.45, 2.75) is 31.5 Å². The quantitative estimate of drug-likeness (QED) is 0.310. The average Bonchev–Trinajstić information content (AvgIpc) is 2.85. The summed E-state index contributed by atoms with van der Waals surface area (Å²) in [5.41, 5.74) is 5.03. The second kappa shape index (κ2) is 11.3. The van der Waals surface area contributed by atoms with E-state index >= 15 is 0 Å². The number of halogens is 6. The predicted molar refractivity (Wildman–Crippen MR) is 128 cm³/mol. The molecule has 1 saturated heterocycles. The Morgan fingerprint density at radius 1 is 1.32 bits per heavy atom. The Morgan fingerprint density at radius 2 is 1.97 bits per heavy atom. The number of rotatable bonds is 7. The van der Waals surface area contributed by atoms with Gasteiger partial charge in [0.1, 0.15) is 17.1 Å². The standard InChI is InChI=1S/C24H26F6N6O2/c1-13-8-23(26,27)12-36(21(37)19(31)16(9-32-2)14-4-6-15(25)7-5-14)18(13)11-34-22-33-10-17(24(28,29)30)20(35-22)38-3/h4-7,9-10,13,18H,8,11-12,31H2,1-3H3,(H,33,34,35)/t13-,18?/m1/s1. The van der Waals surface area contributed by atoms with Crippen molar-refractivity contribution in [1.82, 2.24) is 14.9 Å². The fourth-order valence-electron chi connectivity index (χ4n) is 4.20. The molecule has 0 bridgehead atoms. The number of benzene rings is 1. The van der Waals surface area contributed by atoms with Crippen molar-refractivity contribution >= 4 is 23.6 Å². The number of methoxy groups -OCH3 is 1. The molecule has 3 rings (SSSR count). The van der Waals surface area contributed by atoms with Gasteiger partial charge in [-0.15, -0.1) is 0 Å². The van der Waals surface area contributed by atoms with Crippen LogP contribution in [-0.4, -0.2) is 66.2 Å². The molecule has 8 nitrogen and oxygen atoms in total. The number of allylic oxidation sites excluding steroid dienone is 1. The third-order valence-corrected chi connectivity index (χ3v) is 6.00. The third kappa shape index (κ3) is 6.53. The number of aromatic nitrogens is 2. The van der Waals surface area contributed by atoms with E-state index in [0.717, 1.165) is 24.1 Å². The van der Waals surface area contributed by atoms with Crippen molar-refractivity contribution in [3.63, 3.8) is 0 Å². The lowest BCUT2D eigenvalue weighted by atomic mass is 9.88. The highest BCUT2D eigenvalue weighted by Gasteiger charge is 2.46. The van der Waals surface area contributed by atoms with Crippen LogP contribution in [0.25, 0.3) is 5.57 Å². The Morgan fingerprint density at radius 3 is 2.55 bits per heavy atom. The van der Waals surface area contributed by atoms with Crippen LogP contribution < -0.4 is 15.8 Å². The summed E-state index contributed by atoms with van der Waals surface area (Å²) in [5, 5.41) is 2.71. The van der Waals surface area contributed by atoms with Crippen LogP contribution in [0.2, 0.25) is 0 Å². The van der Waals surface area contributed by atoms with Crippen LogP contribution in [0, 0.1) is 11.7 Å². The van der Waals surface area contributed by atoms with Crippen LogP contribution in [0.4, 0.5) is 32.3 Å². The second-order valence-corrected chi connectivity index (χ2v) is 8.75. The predicted octanol–water partition coefficient (Wildman–Crippen LogP) is 4.00. The van der Waals surface area contributed by atoms with Crippen molar-refractivity contribution in [2.75, 3.05) is 32.6 Å². The fourth-order valence-corrected chi connectivity index (χ4v) is 4.20. The van der Waals surface area contributed by atoms with E-state index in [1.54, 1.807) is 0 Å². The minimum Gasteiger partial charge on any atom is -0.480 e. The molecule has 0 saturated carbocycles. The van der Waals surface area contributed by atoms with Crippen LogP contribution in [0.3, 0.4) is 0 Å². The van der Waals surface area contributed by atoms with E-state index in [1.807, 2.05) is 0 Å². The molecule has 1 aliphatic rings. The van der Waals surface area contributed by atoms with Gasteiger partial charge >= 0.3 is 6.18 Å². The Balaban J connectivity index is 1.93. The highest BCUT2D eigenvalue weighted by molar-refractivity contribution is 6.18. The first-order valence-electron chi connectivity index (χ1n) is 11.4. The first kappa shape index (κ1) is 28.7. The van der Waals surface area contributed by atoms with Crippen molar-refractivity contribution in [3.05, 3.63) is 53.1 Å². The number of nitrogens with zero attached hydrogens (tertiary/aromatic N) is 4. The number of likely N-dealkylation sites (tertiary alicyclic amines) is 1. The molecule has 206 valence electrons. The number of ether oxygens (including phenoxy) is 1. The summed E-state index contributed by atoms with van der Waals surface area (Å²) < 4.78 is 86.5. The molecule has 0 radical (unpaired) electrons. The van der Waals surface area contributed by atoms with E-state index in [2.05, 4.69) is 20.3 Å². The molecule has 2 aromatic rings. The molecule has 1 amide bonds. The van der Waals surface area contributed by atoms with Crippen molar-refractivity contribution in [2.24, 2.45) is 16.6 Å². The number of hydrogen-bond donors (Lipinski definition) is 2. The molecule has 2 atom stereocenters. The number of aliphatic imine (C=N–C) groups is 1. The number of anilines is 1. The molecule has 0 aliphatic carbocycles. The molecule has 1 fully saturated rings. The molecule has 1 aliphatic heterocycles. The largest absolute Gasteiger partial charge is 0.480 e. The fraction of sp³-hybridized carbons (Fsp3) is 0.417. The monoisotopic (exact) mass is 544 g/mol. The van der Waals surface area contributed by atoms with E-state index in [9.17, 15) is 31.1 Å². The number of alkyl halides is 5. The SMILES string of the molecule is CN=CC(=C(N)C(=O)N1CC(F)(F)C[C@@H](C)C1CNc1ncc(C(F)(F)F)c(OC)n1)c1ccc(F)cc1. The van der Waals surface area contributed by atoms with Gasteiger partial charge in [-0.25, -0.2) is 18.2 Å². The zero-order valence-electron chi connectivity index (χ0n) is 20.7. The summed E-state index contributed by atoms with van der Waals surface area (Å²) in [6.07, 6.45) is -3.48. The maximum absolute atomic E-state index is 14.5. The zero-order chi connectivity index (χ0) is 28.3. The van der Waals surface area contributed by atoms with E-state index in [4.69, 9.17) is 10.5 Å². The van der Waals surface area contributed by atoms with Gasteiger partial charge in [0, 0.05) is 38.0 Å². The molecule has 1 aromatic carbocycles. The number of carbonyl (C=O) groups excluding carboxylic acids is 1. The van der Waals surface area contributed by atoms with Gasteiger partial charge in [0.2, 0.25) is 11.8 Å². The van der Waals surface area contributed by atoms with Gasteiger partial charge in [-0.05, 0) is 23.6 Å². The molecule has 14 heteroatoms. The van der Waals surface area contributed by atoms with Crippen molar-refractivity contribution in [3.8, 4) is 5.88 Å². The van der Waals surface area contributed by atoms with Crippen LogP contribution in [0.5, 0.6) is 5.88 Å². The molecule has 1 unspecified atom stereocenters. The number of hydrogen-bond acceptors (Lipinski definition) is 7. The van der Waals surface area contributed by atoms with Crippen LogP contribution in [-0.2, 0) is 11.0 Å². The van der Waals surface area contributed by atoms with Gasteiger partial charge in [0.15, 0.2) is 0 Å². The summed E-state index contributed by atoms with van der Waals surface area (Å²) in [5.74, 6) is -6.36. The Kier molecular flexibility index (Phi) is 8.52. The van der Waals surface area contributed by atoms with Gasteiger partial charge in [-0.2, -0.15) is 18.2 Å². The number of nitrogens with one attached hydrogen (secondary N) is 1.